The van der Waals surface area contributed by atoms with E-state index in [1.165, 1.54) is 13.2 Å². The highest BCUT2D eigenvalue weighted by atomic mass is 32.2. The van der Waals surface area contributed by atoms with E-state index in [-0.39, 0.29) is 6.32 Å². The van der Waals surface area contributed by atoms with Gasteiger partial charge in [-0.2, -0.15) is 0 Å². The smallest absolute Gasteiger partial charge is 0.133 e. The van der Waals surface area contributed by atoms with Crippen LogP contribution in [-0.4, -0.2) is 22.4 Å². The molecule has 1 unspecified atom stereocenters. The molecule has 0 aromatic heterocycles. The Morgan fingerprint density at radius 2 is 1.89 bits per heavy atom. The maximum atomic E-state index is 10.5. The summed E-state index contributed by atoms with van der Waals surface area (Å²) in [7, 11) is 1.44. The summed E-state index contributed by atoms with van der Waals surface area (Å²) < 4.78 is 25.8. The van der Waals surface area contributed by atoms with E-state index in [0.717, 1.165) is 6.54 Å². The van der Waals surface area contributed by atoms with Crippen molar-refractivity contribution in [1.29, 1.82) is 0 Å². The van der Waals surface area contributed by atoms with Gasteiger partial charge < -0.3 is 26.5 Å². The normalized spacial score (nSPS) is 9.95. The number of hydrogen-bond acceptors (Lipinski definition) is 6. The van der Waals surface area contributed by atoms with E-state index in [0.29, 0.717) is 11.6 Å². The lowest BCUT2D eigenvalue weighted by molar-refractivity contribution is 0.401. The van der Waals surface area contributed by atoms with Crippen LogP contribution in [0.4, 0.5) is 0 Å². The first-order valence-corrected chi connectivity index (χ1v) is 6.61. The average Bonchev–Trinajstić information content (AvgIpc) is 2.40. The number of allylic oxidation sites excluding steroid dienone is 1. The molecule has 0 bridgehead atoms. The summed E-state index contributed by atoms with van der Waals surface area (Å²) in [4.78, 5) is 0.190. The van der Waals surface area contributed by atoms with E-state index >= 15 is 0 Å². The van der Waals surface area contributed by atoms with Crippen molar-refractivity contribution in [3.63, 3.8) is 0 Å². The molecule has 1 rings (SSSR count). The highest BCUT2D eigenvalue weighted by molar-refractivity contribution is 7.79. The molecule has 7 heteroatoms. The monoisotopic (exact) mass is 290 g/mol. The van der Waals surface area contributed by atoms with Gasteiger partial charge in [0.05, 0.1) is 17.8 Å². The third-order valence-electron chi connectivity index (χ3n) is 1.58. The van der Waals surface area contributed by atoms with Crippen LogP contribution in [0.1, 0.15) is 15.3 Å². The van der Waals surface area contributed by atoms with Gasteiger partial charge in [-0.15, -0.1) is 0 Å². The Kier molecular flexibility index (Phi) is 13.4. The molecule has 0 amide bonds. The lowest BCUT2D eigenvalue weighted by atomic mass is 10.3. The summed E-state index contributed by atoms with van der Waals surface area (Å²) in [5.74, 6) is 0.755. The molecule has 0 aliphatic rings. The minimum Gasteiger partial charge on any atom is -0.768 e. The van der Waals surface area contributed by atoms with Crippen molar-refractivity contribution in [3.05, 3.63) is 36.2 Å². The van der Waals surface area contributed by atoms with Crippen LogP contribution in [0.2, 0.25) is 0 Å². The highest BCUT2D eigenvalue weighted by Gasteiger charge is 1.99. The van der Waals surface area contributed by atoms with Crippen LogP contribution < -0.4 is 21.9 Å². The second kappa shape index (κ2) is 12.9. The molecule has 1 atom stereocenters. The van der Waals surface area contributed by atoms with Gasteiger partial charge in [0.15, 0.2) is 0 Å². The first-order valence-electron chi connectivity index (χ1n) is 5.54. The van der Waals surface area contributed by atoms with Gasteiger partial charge in [-0.05, 0) is 42.8 Å². The predicted molar refractivity (Wildman–Crippen MR) is 79.2 cm³/mol. The Labute approximate surface area is 118 Å². The SMILES string of the molecule is CC=C(N)N.CCN.COc1ccccc1S(=O)[O-].[HH]. The molecular formula is C12H24N3O3S-. The fourth-order valence-corrected chi connectivity index (χ4v) is 1.26. The minimum absolute atomic E-state index is 0. The molecular weight excluding hydrogens is 266 g/mol. The number of methoxy groups -OCH3 is 1. The molecule has 0 saturated heterocycles. The van der Waals surface area contributed by atoms with Crippen LogP contribution >= 0.6 is 0 Å². The van der Waals surface area contributed by atoms with Crippen LogP contribution in [0.15, 0.2) is 41.1 Å². The number of para-hydroxylation sites is 1. The summed E-state index contributed by atoms with van der Waals surface area (Å²) in [6, 6.07) is 6.45. The maximum Gasteiger partial charge on any atom is 0.133 e. The molecule has 1 aromatic carbocycles. The third-order valence-corrected chi connectivity index (χ3v) is 2.28. The number of rotatable bonds is 2. The van der Waals surface area contributed by atoms with E-state index in [9.17, 15) is 8.76 Å². The molecule has 0 aliphatic heterocycles. The van der Waals surface area contributed by atoms with Gasteiger partial charge >= 0.3 is 0 Å². The Hall–Kier alpha value is -1.57. The molecule has 0 fully saturated rings. The predicted octanol–water partition coefficient (Wildman–Crippen LogP) is 0.909. The molecule has 6 nitrogen and oxygen atoms in total. The van der Waals surface area contributed by atoms with Crippen LogP contribution in [0.25, 0.3) is 0 Å². The lowest BCUT2D eigenvalue weighted by Gasteiger charge is -2.09. The maximum absolute atomic E-state index is 10.5. The molecule has 0 spiro atoms. The van der Waals surface area contributed by atoms with E-state index in [1.807, 2.05) is 6.92 Å². The number of benzene rings is 1. The molecule has 1 aromatic rings. The fourth-order valence-electron chi connectivity index (χ4n) is 0.756. The van der Waals surface area contributed by atoms with Crippen molar-refractivity contribution in [2.75, 3.05) is 13.7 Å². The van der Waals surface area contributed by atoms with Crippen LogP contribution in [0.5, 0.6) is 5.75 Å². The first kappa shape index (κ1) is 19.8. The van der Waals surface area contributed by atoms with Crippen molar-refractivity contribution in [1.82, 2.24) is 0 Å². The second-order valence-electron chi connectivity index (χ2n) is 3.08. The summed E-state index contributed by atoms with van der Waals surface area (Å²) in [6.07, 6.45) is 1.64. The zero-order chi connectivity index (χ0) is 15.3. The largest absolute Gasteiger partial charge is 0.768 e. The van der Waals surface area contributed by atoms with E-state index < -0.39 is 11.1 Å². The Morgan fingerprint density at radius 1 is 1.47 bits per heavy atom. The topological polar surface area (TPSA) is 127 Å². The molecule has 19 heavy (non-hydrogen) atoms. The molecule has 0 aliphatic carbocycles. The Bertz CT molecular complexity index is 399. The zero-order valence-corrected chi connectivity index (χ0v) is 12.3. The van der Waals surface area contributed by atoms with Gasteiger partial charge in [0.1, 0.15) is 5.75 Å². The Morgan fingerprint density at radius 3 is 2.16 bits per heavy atom. The lowest BCUT2D eigenvalue weighted by Crippen LogP contribution is -2.06. The molecule has 112 valence electrons. The van der Waals surface area contributed by atoms with E-state index in [4.69, 9.17) is 21.9 Å². The van der Waals surface area contributed by atoms with Crippen molar-refractivity contribution < 1.29 is 14.9 Å². The first-order chi connectivity index (χ1) is 8.94. The molecule has 6 N–H and O–H groups in total. The summed E-state index contributed by atoms with van der Waals surface area (Å²) >= 11 is -2.22. The van der Waals surface area contributed by atoms with Gasteiger partial charge in [0.25, 0.3) is 0 Å². The fraction of sp³-hybridized carbons (Fsp3) is 0.333. The van der Waals surface area contributed by atoms with E-state index in [1.54, 1.807) is 31.2 Å². The van der Waals surface area contributed by atoms with Crippen molar-refractivity contribution in [2.45, 2.75) is 18.7 Å². The molecule has 0 radical (unpaired) electrons. The summed E-state index contributed by atoms with van der Waals surface area (Å²) in [5, 5.41) is 0. The summed E-state index contributed by atoms with van der Waals surface area (Å²) in [5.41, 5.74) is 14.7. The summed E-state index contributed by atoms with van der Waals surface area (Å²) in [6.45, 7) is 4.44. The number of ether oxygens (including phenoxy) is 1. The van der Waals surface area contributed by atoms with Gasteiger partial charge in [-0.1, -0.05) is 19.1 Å². The zero-order valence-electron chi connectivity index (χ0n) is 11.5. The van der Waals surface area contributed by atoms with E-state index in [2.05, 4.69) is 0 Å². The van der Waals surface area contributed by atoms with Crippen LogP contribution in [0, 0.1) is 0 Å². The van der Waals surface area contributed by atoms with Gasteiger partial charge in [-0.3, -0.25) is 4.21 Å². The average molecular weight is 290 g/mol. The second-order valence-corrected chi connectivity index (χ2v) is 3.99. The van der Waals surface area contributed by atoms with Crippen molar-refractivity contribution >= 4 is 11.1 Å². The van der Waals surface area contributed by atoms with Gasteiger partial charge in [-0.25, -0.2) is 0 Å². The highest BCUT2D eigenvalue weighted by Crippen LogP contribution is 2.19. The van der Waals surface area contributed by atoms with Crippen molar-refractivity contribution in [3.8, 4) is 5.75 Å². The number of hydrogen-bond donors (Lipinski definition) is 3. The van der Waals surface area contributed by atoms with Gasteiger partial charge in [0, 0.05) is 1.43 Å². The Balaban J connectivity index is -0.000000273. The van der Waals surface area contributed by atoms with Crippen molar-refractivity contribution in [2.24, 2.45) is 17.2 Å². The number of nitrogens with two attached hydrogens (primary N) is 3. The van der Waals surface area contributed by atoms with Crippen LogP contribution in [-0.2, 0) is 11.1 Å². The quantitative estimate of drug-likeness (QED) is 0.695. The molecule has 0 saturated carbocycles. The third kappa shape index (κ3) is 11.3. The molecule has 0 heterocycles. The standard InChI is InChI=1S/C7H8O3S.C3H8N2.C2H7N.H2/c1-10-6-4-2-3-5-7(6)11(8)9;1-2-3(4)5;1-2-3;/h2-5H,1H3,(H,8,9);2H,4-5H2,1H3;2-3H2,1H3;1H/p-1. The van der Waals surface area contributed by atoms with Gasteiger partial charge in [0.2, 0.25) is 0 Å². The van der Waals surface area contributed by atoms with Crippen LogP contribution in [0.3, 0.4) is 0 Å². The minimum atomic E-state index is -2.22.